The lowest BCUT2D eigenvalue weighted by atomic mass is 9.88. The Morgan fingerprint density at radius 3 is 2.41 bits per heavy atom. The predicted molar refractivity (Wildman–Crippen MR) is 68.4 cm³/mol. The number of rotatable bonds is 3. The highest BCUT2D eigenvalue weighted by atomic mass is 16.2. The van der Waals surface area contributed by atoms with E-state index in [-0.39, 0.29) is 11.4 Å². The molecule has 0 aliphatic heterocycles. The Hall–Kier alpha value is -1.35. The third kappa shape index (κ3) is 2.50. The van der Waals surface area contributed by atoms with E-state index in [2.05, 4.69) is 17.4 Å². The average molecular weight is 232 g/mol. The summed E-state index contributed by atoms with van der Waals surface area (Å²) in [5.74, 6) is -0.0595. The largest absolute Gasteiger partial charge is 0.345 e. The van der Waals surface area contributed by atoms with Crippen molar-refractivity contribution in [2.75, 3.05) is 0 Å². The van der Waals surface area contributed by atoms with Crippen LogP contribution in [-0.2, 0) is 10.3 Å². The maximum absolute atomic E-state index is 11.8. The molecule has 1 aromatic rings. The van der Waals surface area contributed by atoms with Crippen molar-refractivity contribution in [2.45, 2.75) is 44.2 Å². The van der Waals surface area contributed by atoms with Crippen molar-refractivity contribution in [1.82, 2.24) is 5.32 Å². The standard InChI is InChI=1S/C14H20N2O/c1-11(15)13(17)16-14(9-5-6-10-14)12-7-3-2-4-8-12/h2-4,7-8,11H,5-6,9-10,15H2,1H3,(H,16,17). The fourth-order valence-corrected chi connectivity index (χ4v) is 2.57. The second-order valence-electron chi connectivity index (χ2n) is 4.93. The van der Waals surface area contributed by atoms with E-state index in [0.29, 0.717) is 0 Å². The second kappa shape index (κ2) is 4.88. The number of hydrogen-bond donors (Lipinski definition) is 2. The first-order chi connectivity index (χ1) is 8.14. The Labute approximate surface area is 102 Å². The van der Waals surface area contributed by atoms with Gasteiger partial charge in [0.05, 0.1) is 11.6 Å². The van der Waals surface area contributed by atoms with Crippen LogP contribution in [0.4, 0.5) is 0 Å². The third-order valence-electron chi connectivity index (χ3n) is 3.56. The molecule has 92 valence electrons. The number of carbonyl (C=O) groups excluding carboxylic acids is 1. The molecule has 1 aliphatic carbocycles. The number of nitrogens with one attached hydrogen (secondary N) is 1. The molecule has 1 unspecified atom stereocenters. The highest BCUT2D eigenvalue weighted by Gasteiger charge is 2.37. The molecule has 1 amide bonds. The van der Waals surface area contributed by atoms with Gasteiger partial charge >= 0.3 is 0 Å². The van der Waals surface area contributed by atoms with Crippen LogP contribution in [0.3, 0.4) is 0 Å². The van der Waals surface area contributed by atoms with Gasteiger partial charge in [0.25, 0.3) is 0 Å². The maximum atomic E-state index is 11.8. The van der Waals surface area contributed by atoms with E-state index >= 15 is 0 Å². The zero-order valence-corrected chi connectivity index (χ0v) is 10.3. The lowest BCUT2D eigenvalue weighted by Gasteiger charge is -2.31. The van der Waals surface area contributed by atoms with Crippen LogP contribution in [0.5, 0.6) is 0 Å². The zero-order valence-electron chi connectivity index (χ0n) is 10.3. The van der Waals surface area contributed by atoms with Crippen LogP contribution >= 0.6 is 0 Å². The summed E-state index contributed by atoms with van der Waals surface area (Å²) in [4.78, 5) is 11.8. The SMILES string of the molecule is CC(N)C(=O)NC1(c2ccccc2)CCCC1. The first-order valence-corrected chi connectivity index (χ1v) is 6.27. The van der Waals surface area contributed by atoms with E-state index in [1.54, 1.807) is 6.92 Å². The summed E-state index contributed by atoms with van der Waals surface area (Å²) in [6, 6.07) is 9.77. The van der Waals surface area contributed by atoms with Crippen LogP contribution in [0.25, 0.3) is 0 Å². The van der Waals surface area contributed by atoms with Gasteiger partial charge in [-0.3, -0.25) is 4.79 Å². The van der Waals surface area contributed by atoms with Crippen LogP contribution in [0.2, 0.25) is 0 Å². The van der Waals surface area contributed by atoms with Crippen molar-refractivity contribution in [1.29, 1.82) is 0 Å². The summed E-state index contributed by atoms with van der Waals surface area (Å²) >= 11 is 0. The summed E-state index contributed by atoms with van der Waals surface area (Å²) in [6.45, 7) is 1.73. The fourth-order valence-electron chi connectivity index (χ4n) is 2.57. The van der Waals surface area contributed by atoms with Crippen LogP contribution in [0.15, 0.2) is 30.3 Å². The Morgan fingerprint density at radius 1 is 1.29 bits per heavy atom. The quantitative estimate of drug-likeness (QED) is 0.836. The molecule has 0 saturated heterocycles. The Morgan fingerprint density at radius 2 is 1.88 bits per heavy atom. The number of carbonyl (C=O) groups is 1. The van der Waals surface area contributed by atoms with Gasteiger partial charge in [-0.1, -0.05) is 43.2 Å². The maximum Gasteiger partial charge on any atom is 0.237 e. The lowest BCUT2D eigenvalue weighted by molar-refractivity contribution is -0.124. The van der Waals surface area contributed by atoms with Gasteiger partial charge in [-0.2, -0.15) is 0 Å². The molecule has 17 heavy (non-hydrogen) atoms. The molecule has 0 heterocycles. The van der Waals surface area contributed by atoms with E-state index in [1.807, 2.05) is 18.2 Å². The molecular formula is C14H20N2O. The fraction of sp³-hybridized carbons (Fsp3) is 0.500. The lowest BCUT2D eigenvalue weighted by Crippen LogP contribution is -2.49. The van der Waals surface area contributed by atoms with Gasteiger partial charge in [-0.15, -0.1) is 0 Å². The molecule has 3 N–H and O–H groups in total. The van der Waals surface area contributed by atoms with E-state index in [1.165, 1.54) is 5.56 Å². The number of nitrogens with two attached hydrogens (primary N) is 1. The van der Waals surface area contributed by atoms with Gasteiger partial charge in [0.1, 0.15) is 0 Å². The molecule has 1 aliphatic rings. The van der Waals surface area contributed by atoms with E-state index in [9.17, 15) is 4.79 Å². The average Bonchev–Trinajstić information content (AvgIpc) is 2.80. The first kappa shape index (κ1) is 12.1. The van der Waals surface area contributed by atoms with E-state index in [4.69, 9.17) is 5.73 Å². The van der Waals surface area contributed by atoms with E-state index in [0.717, 1.165) is 25.7 Å². The van der Waals surface area contributed by atoms with Gasteiger partial charge in [0, 0.05) is 0 Å². The highest BCUT2D eigenvalue weighted by Crippen LogP contribution is 2.38. The van der Waals surface area contributed by atoms with Gasteiger partial charge in [-0.25, -0.2) is 0 Å². The molecule has 1 atom stereocenters. The van der Waals surface area contributed by atoms with Crippen molar-refractivity contribution in [3.05, 3.63) is 35.9 Å². The minimum atomic E-state index is -0.448. The van der Waals surface area contributed by atoms with E-state index < -0.39 is 6.04 Å². The molecule has 1 fully saturated rings. The summed E-state index contributed by atoms with van der Waals surface area (Å²) in [6.07, 6.45) is 4.34. The topological polar surface area (TPSA) is 55.1 Å². The Kier molecular flexibility index (Phi) is 3.48. The summed E-state index contributed by atoms with van der Waals surface area (Å²) in [5, 5.41) is 3.14. The van der Waals surface area contributed by atoms with Crippen molar-refractivity contribution < 1.29 is 4.79 Å². The summed E-state index contributed by atoms with van der Waals surface area (Å²) in [5.41, 5.74) is 6.65. The van der Waals surface area contributed by atoms with Crippen LogP contribution < -0.4 is 11.1 Å². The van der Waals surface area contributed by atoms with Gasteiger partial charge in [0.15, 0.2) is 0 Å². The van der Waals surface area contributed by atoms with Gasteiger partial charge in [0.2, 0.25) is 5.91 Å². The molecule has 0 aromatic heterocycles. The smallest absolute Gasteiger partial charge is 0.237 e. The minimum Gasteiger partial charge on any atom is -0.345 e. The number of benzene rings is 1. The molecule has 1 saturated carbocycles. The van der Waals surface area contributed by atoms with Gasteiger partial charge < -0.3 is 11.1 Å². The summed E-state index contributed by atoms with van der Waals surface area (Å²) < 4.78 is 0. The minimum absolute atomic E-state index is 0.0595. The predicted octanol–water partition coefficient (Wildman–Crippen LogP) is 1.92. The van der Waals surface area contributed by atoms with Gasteiger partial charge in [-0.05, 0) is 25.3 Å². The summed E-state index contributed by atoms with van der Waals surface area (Å²) in [7, 11) is 0. The second-order valence-corrected chi connectivity index (χ2v) is 4.93. The molecule has 0 bridgehead atoms. The van der Waals surface area contributed by atoms with Crippen LogP contribution in [0.1, 0.15) is 38.2 Å². The number of amides is 1. The molecule has 0 radical (unpaired) electrons. The van der Waals surface area contributed by atoms with Crippen molar-refractivity contribution >= 4 is 5.91 Å². The monoisotopic (exact) mass is 232 g/mol. The molecular weight excluding hydrogens is 212 g/mol. The van der Waals surface area contributed by atoms with Crippen molar-refractivity contribution in [3.63, 3.8) is 0 Å². The normalized spacial score (nSPS) is 19.9. The van der Waals surface area contributed by atoms with Crippen LogP contribution in [-0.4, -0.2) is 11.9 Å². The van der Waals surface area contributed by atoms with Crippen LogP contribution in [0, 0.1) is 0 Å². The number of hydrogen-bond acceptors (Lipinski definition) is 2. The molecule has 2 rings (SSSR count). The zero-order chi connectivity index (χ0) is 12.3. The molecule has 0 spiro atoms. The van der Waals surface area contributed by atoms with Crippen molar-refractivity contribution in [3.8, 4) is 0 Å². The highest BCUT2D eigenvalue weighted by molar-refractivity contribution is 5.82. The molecule has 3 nitrogen and oxygen atoms in total. The molecule has 1 aromatic carbocycles. The van der Waals surface area contributed by atoms with Crippen molar-refractivity contribution in [2.24, 2.45) is 5.73 Å². The first-order valence-electron chi connectivity index (χ1n) is 6.27. The molecule has 3 heteroatoms. The Bertz CT molecular complexity index is 380. The third-order valence-corrected chi connectivity index (χ3v) is 3.56. The Balaban J connectivity index is 2.24.